The molecule has 0 bridgehead atoms. The number of anilines is 2. The van der Waals surface area contributed by atoms with Crippen LogP contribution in [0.15, 0.2) is 6.33 Å². The summed E-state index contributed by atoms with van der Waals surface area (Å²) in [4.78, 5) is 8.59. The summed E-state index contributed by atoms with van der Waals surface area (Å²) in [6.45, 7) is 8.31. The molecule has 0 aromatic carbocycles. The van der Waals surface area contributed by atoms with E-state index in [9.17, 15) is 0 Å². The molecule has 0 aliphatic heterocycles. The van der Waals surface area contributed by atoms with Crippen LogP contribution >= 0.6 is 11.8 Å². The first-order valence-electron chi connectivity index (χ1n) is 7.58. The highest BCUT2D eigenvalue weighted by atomic mass is 32.2. The van der Waals surface area contributed by atoms with Crippen molar-refractivity contribution in [2.45, 2.75) is 44.8 Å². The van der Waals surface area contributed by atoms with Gasteiger partial charge in [-0.15, -0.1) is 0 Å². The highest BCUT2D eigenvalue weighted by molar-refractivity contribution is 8.00. The van der Waals surface area contributed by atoms with E-state index in [0.29, 0.717) is 5.75 Å². The molecule has 0 spiro atoms. The smallest absolute Gasteiger partial charge is 0.204 e. The number of nitrogens with zero attached hydrogens (tertiary/aromatic N) is 2. The molecule has 0 atom stereocenters. The fourth-order valence-electron chi connectivity index (χ4n) is 2.17. The van der Waals surface area contributed by atoms with Crippen molar-refractivity contribution in [3.63, 3.8) is 0 Å². The minimum Gasteiger partial charge on any atom is -0.490 e. The van der Waals surface area contributed by atoms with Crippen LogP contribution in [0.3, 0.4) is 0 Å². The standard InChI is InChI=1S/C15H28N4OS/c1-6-9-16-13-12(20-4)14(19-11-18-13)17-10-15(7-2,8-3)21-5/h11H,6-10H2,1-5H3,(H2,16,17,18,19). The quantitative estimate of drug-likeness (QED) is 0.688. The van der Waals surface area contributed by atoms with E-state index in [-0.39, 0.29) is 4.75 Å². The molecule has 6 heteroatoms. The molecular weight excluding hydrogens is 284 g/mol. The fraction of sp³-hybridized carbons (Fsp3) is 0.733. The second kappa shape index (κ2) is 8.97. The lowest BCUT2D eigenvalue weighted by atomic mass is 10.0. The van der Waals surface area contributed by atoms with Crippen LogP contribution in [0.2, 0.25) is 0 Å². The number of thioether (sulfide) groups is 1. The Morgan fingerprint density at radius 1 is 1.14 bits per heavy atom. The Morgan fingerprint density at radius 2 is 1.76 bits per heavy atom. The maximum absolute atomic E-state index is 5.48. The van der Waals surface area contributed by atoms with Gasteiger partial charge in [0.25, 0.3) is 0 Å². The third kappa shape index (κ3) is 4.66. The highest BCUT2D eigenvalue weighted by Crippen LogP contribution is 2.33. The molecule has 21 heavy (non-hydrogen) atoms. The Labute approximate surface area is 132 Å². The molecule has 2 N–H and O–H groups in total. The van der Waals surface area contributed by atoms with E-state index in [2.05, 4.69) is 47.6 Å². The van der Waals surface area contributed by atoms with Crippen LogP contribution in [0.4, 0.5) is 11.6 Å². The van der Waals surface area contributed by atoms with E-state index >= 15 is 0 Å². The maximum atomic E-state index is 5.48. The minimum atomic E-state index is 0.229. The Balaban J connectivity index is 2.87. The van der Waals surface area contributed by atoms with Gasteiger partial charge >= 0.3 is 0 Å². The molecule has 1 aromatic rings. The molecule has 0 radical (unpaired) electrons. The topological polar surface area (TPSA) is 59.1 Å². The van der Waals surface area contributed by atoms with E-state index in [1.165, 1.54) is 0 Å². The monoisotopic (exact) mass is 312 g/mol. The van der Waals surface area contributed by atoms with Gasteiger partial charge in [-0.25, -0.2) is 9.97 Å². The second-order valence-electron chi connectivity index (χ2n) is 4.98. The third-order valence-corrected chi connectivity index (χ3v) is 5.44. The van der Waals surface area contributed by atoms with Crippen molar-refractivity contribution in [2.24, 2.45) is 0 Å². The number of hydrogen-bond donors (Lipinski definition) is 2. The van der Waals surface area contributed by atoms with Crippen LogP contribution < -0.4 is 15.4 Å². The van der Waals surface area contributed by atoms with Crippen LogP contribution in [0.1, 0.15) is 40.0 Å². The molecule has 0 aliphatic carbocycles. The van der Waals surface area contributed by atoms with E-state index in [4.69, 9.17) is 4.74 Å². The largest absolute Gasteiger partial charge is 0.490 e. The summed E-state index contributed by atoms with van der Waals surface area (Å²) in [6, 6.07) is 0. The first-order valence-corrected chi connectivity index (χ1v) is 8.80. The molecular formula is C15H28N4OS. The number of methoxy groups -OCH3 is 1. The Morgan fingerprint density at radius 3 is 2.24 bits per heavy atom. The van der Waals surface area contributed by atoms with Gasteiger partial charge in [0.1, 0.15) is 6.33 Å². The van der Waals surface area contributed by atoms with Gasteiger partial charge in [-0.05, 0) is 25.5 Å². The van der Waals surface area contributed by atoms with Crippen LogP contribution in [0, 0.1) is 0 Å². The third-order valence-electron chi connectivity index (χ3n) is 3.85. The van der Waals surface area contributed by atoms with Crippen molar-refractivity contribution in [1.82, 2.24) is 9.97 Å². The Hall–Kier alpha value is -1.17. The fourth-order valence-corrected chi connectivity index (χ4v) is 2.96. The van der Waals surface area contributed by atoms with Gasteiger partial charge in [0.2, 0.25) is 5.75 Å². The lowest BCUT2D eigenvalue weighted by Crippen LogP contribution is -2.32. The predicted molar refractivity (Wildman–Crippen MR) is 92.7 cm³/mol. The molecule has 5 nitrogen and oxygen atoms in total. The summed E-state index contributed by atoms with van der Waals surface area (Å²) in [5.41, 5.74) is 0. The number of nitrogens with one attached hydrogen (secondary N) is 2. The van der Waals surface area contributed by atoms with Gasteiger partial charge in [0.05, 0.1) is 7.11 Å². The van der Waals surface area contributed by atoms with Crippen LogP contribution in [-0.2, 0) is 0 Å². The summed E-state index contributed by atoms with van der Waals surface area (Å²) in [5.74, 6) is 2.19. The van der Waals surface area contributed by atoms with E-state index in [1.807, 2.05) is 11.8 Å². The highest BCUT2D eigenvalue weighted by Gasteiger charge is 2.25. The van der Waals surface area contributed by atoms with Gasteiger partial charge in [-0.1, -0.05) is 20.8 Å². The number of hydrogen-bond acceptors (Lipinski definition) is 6. The predicted octanol–water partition coefficient (Wildman–Crippen LogP) is 3.64. The summed E-state index contributed by atoms with van der Waals surface area (Å²) in [6.07, 6.45) is 7.01. The van der Waals surface area contributed by atoms with Gasteiger partial charge in [-0.2, -0.15) is 11.8 Å². The van der Waals surface area contributed by atoms with Crippen molar-refractivity contribution in [3.8, 4) is 5.75 Å². The zero-order chi connectivity index (χ0) is 15.7. The van der Waals surface area contributed by atoms with Crippen LogP contribution in [0.5, 0.6) is 5.75 Å². The SMILES string of the molecule is CCCNc1ncnc(NCC(CC)(CC)SC)c1OC. The molecule has 0 unspecified atom stereocenters. The molecule has 1 aromatic heterocycles. The Bertz CT molecular complexity index is 416. The second-order valence-corrected chi connectivity index (χ2v) is 6.25. The first kappa shape index (κ1) is 17.9. The molecule has 0 fully saturated rings. The van der Waals surface area contributed by atoms with Crippen molar-refractivity contribution >= 4 is 23.4 Å². The average Bonchev–Trinajstić information content (AvgIpc) is 2.54. The minimum absolute atomic E-state index is 0.229. The molecule has 0 saturated carbocycles. The molecule has 1 rings (SSSR count). The number of aromatic nitrogens is 2. The van der Waals surface area contributed by atoms with Crippen molar-refractivity contribution in [3.05, 3.63) is 6.33 Å². The van der Waals surface area contributed by atoms with Gasteiger partial charge in [-0.3, -0.25) is 0 Å². The van der Waals surface area contributed by atoms with Crippen molar-refractivity contribution < 1.29 is 4.74 Å². The number of ether oxygens (including phenoxy) is 1. The zero-order valence-electron chi connectivity index (χ0n) is 13.8. The Kier molecular flexibility index (Phi) is 7.64. The molecule has 0 aliphatic rings. The lowest BCUT2D eigenvalue weighted by molar-refractivity contribution is 0.414. The zero-order valence-corrected chi connectivity index (χ0v) is 14.6. The normalized spacial score (nSPS) is 11.3. The van der Waals surface area contributed by atoms with Gasteiger partial charge < -0.3 is 15.4 Å². The summed E-state index contributed by atoms with van der Waals surface area (Å²) in [5, 5.41) is 6.71. The summed E-state index contributed by atoms with van der Waals surface area (Å²) >= 11 is 1.91. The van der Waals surface area contributed by atoms with E-state index < -0.39 is 0 Å². The summed E-state index contributed by atoms with van der Waals surface area (Å²) < 4.78 is 5.71. The molecule has 1 heterocycles. The van der Waals surface area contributed by atoms with E-state index in [1.54, 1.807) is 13.4 Å². The average molecular weight is 312 g/mol. The van der Waals surface area contributed by atoms with Gasteiger partial charge in [0, 0.05) is 17.8 Å². The summed E-state index contributed by atoms with van der Waals surface area (Å²) in [7, 11) is 1.66. The van der Waals surface area contributed by atoms with Crippen molar-refractivity contribution in [1.29, 1.82) is 0 Å². The van der Waals surface area contributed by atoms with E-state index in [0.717, 1.165) is 44.0 Å². The molecule has 0 amide bonds. The van der Waals surface area contributed by atoms with Crippen molar-refractivity contribution in [2.75, 3.05) is 37.1 Å². The maximum Gasteiger partial charge on any atom is 0.204 e. The lowest BCUT2D eigenvalue weighted by Gasteiger charge is -2.30. The van der Waals surface area contributed by atoms with Crippen LogP contribution in [0.25, 0.3) is 0 Å². The number of rotatable bonds is 10. The van der Waals surface area contributed by atoms with Gasteiger partial charge in [0.15, 0.2) is 11.6 Å². The molecule has 120 valence electrons. The van der Waals surface area contributed by atoms with Crippen LogP contribution in [-0.4, -0.2) is 41.2 Å². The molecule has 0 saturated heterocycles. The first-order chi connectivity index (χ1) is 10.2.